The van der Waals surface area contributed by atoms with E-state index < -0.39 is 26.6 Å². The second kappa shape index (κ2) is 5.79. The predicted octanol–water partition coefficient (Wildman–Crippen LogP) is 2.50. The molecule has 0 aliphatic heterocycles. The molecule has 112 valence electrons. The van der Waals surface area contributed by atoms with E-state index in [1.54, 1.807) is 6.07 Å². The normalized spacial score (nSPS) is 11.4. The minimum atomic E-state index is -4.32. The van der Waals surface area contributed by atoms with Crippen LogP contribution in [0.4, 0.5) is 8.78 Å². The molecule has 0 aliphatic rings. The number of primary sulfonamides is 1. The Morgan fingerprint density at radius 2 is 1.86 bits per heavy atom. The van der Waals surface area contributed by atoms with E-state index in [4.69, 9.17) is 9.88 Å². The van der Waals surface area contributed by atoms with E-state index in [0.29, 0.717) is 0 Å². The van der Waals surface area contributed by atoms with Crippen LogP contribution in [0.1, 0.15) is 11.1 Å². The zero-order valence-electron chi connectivity index (χ0n) is 11.1. The standard InChI is InChI=1S/C14H13F2NO3S/c1-9-3-2-4-10(7-9)8-20-11-5-6-12(21(17,18)19)14(16)13(11)15/h2-7H,8H2,1H3,(H2,17,18,19). The first-order chi connectivity index (χ1) is 9.79. The Kier molecular flexibility index (Phi) is 4.24. The summed E-state index contributed by atoms with van der Waals surface area (Å²) < 4.78 is 54.7. The molecule has 21 heavy (non-hydrogen) atoms. The number of aryl methyl sites for hydroxylation is 1. The molecule has 2 aromatic carbocycles. The number of hydrogen-bond donors (Lipinski definition) is 1. The highest BCUT2D eigenvalue weighted by molar-refractivity contribution is 7.89. The van der Waals surface area contributed by atoms with E-state index >= 15 is 0 Å². The van der Waals surface area contributed by atoms with Crippen molar-refractivity contribution in [2.24, 2.45) is 5.14 Å². The Labute approximate surface area is 121 Å². The summed E-state index contributed by atoms with van der Waals surface area (Å²) >= 11 is 0. The summed E-state index contributed by atoms with van der Waals surface area (Å²) in [4.78, 5) is -0.900. The summed E-state index contributed by atoms with van der Waals surface area (Å²) in [5.41, 5.74) is 1.79. The van der Waals surface area contributed by atoms with Gasteiger partial charge >= 0.3 is 0 Å². The maximum absolute atomic E-state index is 13.8. The number of hydrogen-bond acceptors (Lipinski definition) is 3. The van der Waals surface area contributed by atoms with Crippen LogP contribution in [0.15, 0.2) is 41.3 Å². The maximum Gasteiger partial charge on any atom is 0.241 e. The molecule has 2 rings (SSSR count). The van der Waals surface area contributed by atoms with Gasteiger partial charge in [0.1, 0.15) is 11.5 Å². The average molecular weight is 313 g/mol. The van der Waals surface area contributed by atoms with Gasteiger partial charge < -0.3 is 4.74 Å². The van der Waals surface area contributed by atoms with Crippen LogP contribution in [0.2, 0.25) is 0 Å². The van der Waals surface area contributed by atoms with Gasteiger partial charge in [0.05, 0.1) is 0 Å². The van der Waals surface area contributed by atoms with Crippen LogP contribution in [0.3, 0.4) is 0 Å². The zero-order valence-corrected chi connectivity index (χ0v) is 12.0. The highest BCUT2D eigenvalue weighted by Crippen LogP contribution is 2.25. The van der Waals surface area contributed by atoms with Crippen molar-refractivity contribution in [1.82, 2.24) is 0 Å². The molecule has 0 radical (unpaired) electrons. The first-order valence-corrected chi connectivity index (χ1v) is 7.53. The third-order valence-corrected chi connectivity index (χ3v) is 3.72. The largest absolute Gasteiger partial charge is 0.486 e. The molecule has 2 aromatic rings. The molecular formula is C14H13F2NO3S. The molecule has 0 saturated carbocycles. The van der Waals surface area contributed by atoms with Gasteiger partial charge in [-0.05, 0) is 24.6 Å². The SMILES string of the molecule is Cc1cccc(COc2ccc(S(N)(=O)=O)c(F)c2F)c1. The molecule has 0 saturated heterocycles. The van der Waals surface area contributed by atoms with Crippen LogP contribution >= 0.6 is 0 Å². The van der Waals surface area contributed by atoms with Crippen LogP contribution in [0.25, 0.3) is 0 Å². The smallest absolute Gasteiger partial charge is 0.241 e. The quantitative estimate of drug-likeness (QED) is 0.943. The van der Waals surface area contributed by atoms with Crippen molar-refractivity contribution >= 4 is 10.0 Å². The summed E-state index contributed by atoms with van der Waals surface area (Å²) in [5.74, 6) is -3.30. The van der Waals surface area contributed by atoms with Gasteiger partial charge in [-0.15, -0.1) is 0 Å². The van der Waals surface area contributed by atoms with E-state index in [1.807, 2.05) is 25.1 Å². The molecule has 0 fully saturated rings. The molecule has 0 spiro atoms. The molecule has 0 aliphatic carbocycles. The fourth-order valence-electron chi connectivity index (χ4n) is 1.81. The molecule has 0 heterocycles. The number of nitrogens with two attached hydrogens (primary N) is 1. The zero-order chi connectivity index (χ0) is 15.6. The second-order valence-electron chi connectivity index (χ2n) is 4.51. The third-order valence-electron chi connectivity index (χ3n) is 2.79. The molecule has 2 N–H and O–H groups in total. The second-order valence-corrected chi connectivity index (χ2v) is 6.04. The lowest BCUT2D eigenvalue weighted by molar-refractivity contribution is 0.283. The monoisotopic (exact) mass is 313 g/mol. The minimum absolute atomic E-state index is 0.0345. The highest BCUT2D eigenvalue weighted by atomic mass is 32.2. The van der Waals surface area contributed by atoms with Gasteiger partial charge in [-0.2, -0.15) is 4.39 Å². The first kappa shape index (κ1) is 15.4. The van der Waals surface area contributed by atoms with Gasteiger partial charge in [0.15, 0.2) is 11.6 Å². The van der Waals surface area contributed by atoms with Crippen LogP contribution in [0.5, 0.6) is 5.75 Å². The molecule has 7 heteroatoms. The summed E-state index contributed by atoms with van der Waals surface area (Å²) in [6, 6.07) is 9.24. The Balaban J connectivity index is 2.24. The Hall–Kier alpha value is -1.99. The molecule has 0 amide bonds. The number of benzene rings is 2. The van der Waals surface area contributed by atoms with E-state index in [9.17, 15) is 17.2 Å². The van der Waals surface area contributed by atoms with Crippen molar-refractivity contribution in [1.29, 1.82) is 0 Å². The number of halogens is 2. The molecule has 4 nitrogen and oxygen atoms in total. The molecule has 0 atom stereocenters. The van der Waals surface area contributed by atoms with Gasteiger partial charge in [-0.3, -0.25) is 0 Å². The lowest BCUT2D eigenvalue weighted by Gasteiger charge is -2.10. The summed E-state index contributed by atoms with van der Waals surface area (Å²) in [7, 11) is -4.32. The first-order valence-electron chi connectivity index (χ1n) is 5.98. The van der Waals surface area contributed by atoms with E-state index in [2.05, 4.69) is 0 Å². The van der Waals surface area contributed by atoms with Crippen molar-refractivity contribution < 1.29 is 21.9 Å². The Bertz CT molecular complexity index is 776. The lowest BCUT2D eigenvalue weighted by Crippen LogP contribution is -2.15. The average Bonchev–Trinajstić information content (AvgIpc) is 2.39. The van der Waals surface area contributed by atoms with Gasteiger partial charge in [0.2, 0.25) is 15.8 Å². The number of ether oxygens (including phenoxy) is 1. The lowest BCUT2D eigenvalue weighted by atomic mass is 10.1. The third kappa shape index (κ3) is 3.56. The highest BCUT2D eigenvalue weighted by Gasteiger charge is 2.21. The van der Waals surface area contributed by atoms with E-state index in [1.165, 1.54) is 0 Å². The Morgan fingerprint density at radius 3 is 2.48 bits per heavy atom. The predicted molar refractivity (Wildman–Crippen MR) is 73.2 cm³/mol. The van der Waals surface area contributed by atoms with Gasteiger partial charge in [-0.1, -0.05) is 29.8 Å². The van der Waals surface area contributed by atoms with Crippen molar-refractivity contribution in [3.63, 3.8) is 0 Å². The Morgan fingerprint density at radius 1 is 1.14 bits per heavy atom. The van der Waals surface area contributed by atoms with Crippen LogP contribution < -0.4 is 9.88 Å². The fraction of sp³-hybridized carbons (Fsp3) is 0.143. The van der Waals surface area contributed by atoms with Crippen molar-refractivity contribution in [3.8, 4) is 5.75 Å². The van der Waals surface area contributed by atoms with Crippen molar-refractivity contribution in [2.75, 3.05) is 0 Å². The molecule has 0 bridgehead atoms. The number of sulfonamides is 1. The van der Waals surface area contributed by atoms with Crippen molar-refractivity contribution in [2.45, 2.75) is 18.4 Å². The summed E-state index contributed by atoms with van der Waals surface area (Å²) in [6.45, 7) is 1.93. The van der Waals surface area contributed by atoms with Gasteiger partial charge in [0.25, 0.3) is 0 Å². The van der Waals surface area contributed by atoms with Crippen LogP contribution in [0, 0.1) is 18.6 Å². The van der Waals surface area contributed by atoms with Crippen LogP contribution in [-0.2, 0) is 16.6 Å². The van der Waals surface area contributed by atoms with Gasteiger partial charge in [-0.25, -0.2) is 17.9 Å². The van der Waals surface area contributed by atoms with Crippen molar-refractivity contribution in [3.05, 3.63) is 59.2 Å². The molecule has 0 aromatic heterocycles. The molecule has 0 unspecified atom stereocenters. The maximum atomic E-state index is 13.8. The fourth-order valence-corrected chi connectivity index (χ4v) is 2.41. The minimum Gasteiger partial charge on any atom is -0.486 e. The summed E-state index contributed by atoms with van der Waals surface area (Å²) in [5, 5.41) is 4.78. The topological polar surface area (TPSA) is 69.4 Å². The van der Waals surface area contributed by atoms with E-state index in [0.717, 1.165) is 23.3 Å². The number of rotatable bonds is 4. The summed E-state index contributed by atoms with van der Waals surface area (Å²) in [6.07, 6.45) is 0. The van der Waals surface area contributed by atoms with Crippen LogP contribution in [-0.4, -0.2) is 8.42 Å². The van der Waals surface area contributed by atoms with Gasteiger partial charge in [0, 0.05) is 0 Å². The van der Waals surface area contributed by atoms with E-state index in [-0.39, 0.29) is 12.4 Å². The molecular weight excluding hydrogens is 300 g/mol.